The lowest BCUT2D eigenvalue weighted by atomic mass is 9.92. The van der Waals surface area contributed by atoms with Gasteiger partial charge >= 0.3 is 6.18 Å². The van der Waals surface area contributed by atoms with Crippen molar-refractivity contribution in [3.05, 3.63) is 42.0 Å². The van der Waals surface area contributed by atoms with E-state index < -0.39 is 38.9 Å². The highest BCUT2D eigenvalue weighted by molar-refractivity contribution is 7.89. The second-order valence-electron chi connectivity index (χ2n) is 7.83. The van der Waals surface area contributed by atoms with Crippen molar-refractivity contribution in [2.45, 2.75) is 49.3 Å². The summed E-state index contributed by atoms with van der Waals surface area (Å²) in [7, 11) is -4.51. The van der Waals surface area contributed by atoms with Crippen LogP contribution in [0.5, 0.6) is 0 Å². The zero-order chi connectivity index (χ0) is 24.1. The highest BCUT2D eigenvalue weighted by Gasteiger charge is 2.39. The zero-order valence-corrected chi connectivity index (χ0v) is 18.0. The summed E-state index contributed by atoms with van der Waals surface area (Å²) in [4.78, 5) is 20.1. The Hall–Kier alpha value is -3.06. The molecule has 4 rings (SSSR count). The maximum atomic E-state index is 13.9. The maximum Gasteiger partial charge on any atom is 0.404 e. The minimum Gasteiger partial charge on any atom is -0.366 e. The van der Waals surface area contributed by atoms with Gasteiger partial charge < -0.3 is 10.3 Å². The minimum absolute atomic E-state index is 0.0178. The molecule has 0 saturated heterocycles. The monoisotopic (exact) mass is 485 g/mol. The first-order chi connectivity index (χ1) is 15.4. The van der Waals surface area contributed by atoms with Crippen molar-refractivity contribution in [3.63, 3.8) is 0 Å². The van der Waals surface area contributed by atoms with Crippen molar-refractivity contribution in [3.8, 4) is 11.4 Å². The smallest absolute Gasteiger partial charge is 0.366 e. The van der Waals surface area contributed by atoms with Crippen molar-refractivity contribution in [2.75, 3.05) is 0 Å². The summed E-state index contributed by atoms with van der Waals surface area (Å²) in [6.45, 7) is 0.682. The molecular weight excluding hydrogens is 466 g/mol. The first-order valence-corrected chi connectivity index (χ1v) is 11.4. The van der Waals surface area contributed by atoms with E-state index in [2.05, 4.69) is 9.97 Å². The Bertz CT molecular complexity index is 1330. The lowest BCUT2D eigenvalue weighted by Crippen LogP contribution is -2.42. The van der Waals surface area contributed by atoms with E-state index in [1.54, 1.807) is 9.29 Å². The summed E-state index contributed by atoms with van der Waals surface area (Å²) in [5, 5.41) is 0.198. The van der Waals surface area contributed by atoms with Gasteiger partial charge in [-0.25, -0.2) is 17.8 Å². The van der Waals surface area contributed by atoms with E-state index in [1.165, 1.54) is 6.07 Å². The predicted octanol–water partition coefficient (Wildman–Crippen LogP) is 3.29. The quantitative estimate of drug-likeness (QED) is 0.519. The molecular formula is C20H19F4N5O3S. The predicted molar refractivity (Wildman–Crippen MR) is 110 cm³/mol. The van der Waals surface area contributed by atoms with Crippen LogP contribution in [0.3, 0.4) is 0 Å². The minimum atomic E-state index is -4.76. The van der Waals surface area contributed by atoms with Gasteiger partial charge in [-0.05, 0) is 44.4 Å². The number of nitrogens with one attached hydrogen (secondary N) is 1. The number of nitrogens with two attached hydrogens (primary N) is 1. The molecule has 3 aromatic heterocycles. The summed E-state index contributed by atoms with van der Waals surface area (Å²) in [5.74, 6) is -1.51. The molecule has 0 aliphatic heterocycles. The van der Waals surface area contributed by atoms with Gasteiger partial charge in [0, 0.05) is 17.6 Å². The van der Waals surface area contributed by atoms with Crippen molar-refractivity contribution >= 4 is 27.0 Å². The Morgan fingerprint density at radius 3 is 2.45 bits per heavy atom. The van der Waals surface area contributed by atoms with Crippen LogP contribution in [0, 0.1) is 5.82 Å². The van der Waals surface area contributed by atoms with Gasteiger partial charge in [0.25, 0.3) is 5.91 Å². The number of amides is 1. The van der Waals surface area contributed by atoms with Gasteiger partial charge in [0.15, 0.2) is 0 Å². The normalized spacial score (nSPS) is 16.0. The van der Waals surface area contributed by atoms with Crippen LogP contribution < -0.4 is 10.5 Å². The van der Waals surface area contributed by atoms with Crippen LogP contribution in [-0.4, -0.2) is 41.1 Å². The summed E-state index contributed by atoms with van der Waals surface area (Å²) < 4.78 is 80.2. The van der Waals surface area contributed by atoms with Crippen LogP contribution in [0.15, 0.2) is 35.5 Å². The molecule has 1 atom stereocenters. The number of aromatic nitrogens is 3. The highest BCUT2D eigenvalue weighted by Crippen LogP contribution is 2.41. The Kier molecular flexibility index (Phi) is 5.65. The lowest BCUT2D eigenvalue weighted by molar-refractivity contribution is -0.147. The molecule has 8 nitrogen and oxygen atoms in total. The van der Waals surface area contributed by atoms with Gasteiger partial charge in [0.1, 0.15) is 22.4 Å². The fourth-order valence-electron chi connectivity index (χ4n) is 3.71. The summed E-state index contributed by atoms with van der Waals surface area (Å²) in [6, 6.07) is 1.13. The van der Waals surface area contributed by atoms with Gasteiger partial charge in [-0.1, -0.05) is 0 Å². The van der Waals surface area contributed by atoms with Crippen LogP contribution in [-0.2, 0) is 10.0 Å². The molecule has 0 bridgehead atoms. The van der Waals surface area contributed by atoms with Crippen molar-refractivity contribution in [2.24, 2.45) is 5.73 Å². The third-order valence-corrected chi connectivity index (χ3v) is 7.13. The van der Waals surface area contributed by atoms with E-state index in [4.69, 9.17) is 5.73 Å². The molecule has 3 N–H and O–H groups in total. The first kappa shape index (κ1) is 23.1. The van der Waals surface area contributed by atoms with E-state index in [-0.39, 0.29) is 28.4 Å². The molecule has 3 aromatic rings. The molecule has 0 spiro atoms. The van der Waals surface area contributed by atoms with E-state index >= 15 is 0 Å². The van der Waals surface area contributed by atoms with Crippen molar-refractivity contribution in [1.29, 1.82) is 0 Å². The van der Waals surface area contributed by atoms with Crippen LogP contribution >= 0.6 is 0 Å². The SMILES string of the molecule is C[C@H](NS(=O)(=O)c1ccc(-c2c(C(N)=O)c3cc(F)cnc3n2C2CCC2)nc1)C(F)(F)F. The summed E-state index contributed by atoms with van der Waals surface area (Å²) in [5.41, 5.74) is 6.31. The van der Waals surface area contributed by atoms with Crippen molar-refractivity contribution in [1.82, 2.24) is 19.3 Å². The number of primary amides is 1. The Morgan fingerprint density at radius 2 is 1.94 bits per heavy atom. The fraction of sp³-hybridized carbons (Fsp3) is 0.350. The number of pyridine rings is 2. The number of rotatable bonds is 6. The standard InChI is InChI=1S/C20H19F4N5O3S/c1-10(20(22,23)24)28-33(31,32)13-5-6-15(26-9-13)17-16(18(25)30)14-7-11(21)8-27-19(14)29(17)12-3-2-4-12/h5-10,12,28H,2-4H2,1H3,(H2,25,30)/t10-/m0/s1. The average Bonchev–Trinajstić information content (AvgIpc) is 3.00. The highest BCUT2D eigenvalue weighted by atomic mass is 32.2. The molecule has 1 saturated carbocycles. The molecule has 13 heteroatoms. The Balaban J connectivity index is 1.83. The van der Waals surface area contributed by atoms with E-state index in [9.17, 15) is 30.8 Å². The topological polar surface area (TPSA) is 120 Å². The number of sulfonamides is 1. The number of carbonyl (C=O) groups is 1. The lowest BCUT2D eigenvalue weighted by Gasteiger charge is -2.29. The van der Waals surface area contributed by atoms with Gasteiger partial charge in [-0.3, -0.25) is 9.78 Å². The second kappa shape index (κ2) is 8.06. The van der Waals surface area contributed by atoms with Crippen LogP contribution in [0.2, 0.25) is 0 Å². The molecule has 1 aliphatic rings. The number of nitrogens with zero attached hydrogens (tertiary/aromatic N) is 3. The zero-order valence-electron chi connectivity index (χ0n) is 17.2. The molecule has 1 fully saturated rings. The Morgan fingerprint density at radius 1 is 1.24 bits per heavy atom. The average molecular weight is 485 g/mol. The maximum absolute atomic E-state index is 13.9. The molecule has 0 unspecified atom stereocenters. The van der Waals surface area contributed by atoms with E-state index in [1.807, 2.05) is 0 Å². The van der Waals surface area contributed by atoms with Gasteiger partial charge in [-0.15, -0.1) is 0 Å². The molecule has 33 heavy (non-hydrogen) atoms. The molecule has 0 radical (unpaired) electrons. The van der Waals surface area contributed by atoms with E-state index in [0.29, 0.717) is 12.6 Å². The number of hydrogen-bond acceptors (Lipinski definition) is 5. The van der Waals surface area contributed by atoms with Crippen molar-refractivity contribution < 1.29 is 30.8 Å². The molecule has 0 aromatic carbocycles. The summed E-state index contributed by atoms with van der Waals surface area (Å²) in [6.07, 6.45) is -0.363. The molecule has 1 amide bonds. The van der Waals surface area contributed by atoms with Gasteiger partial charge in [-0.2, -0.15) is 17.9 Å². The Labute approximate surface area is 185 Å². The third kappa shape index (κ3) is 4.17. The van der Waals surface area contributed by atoms with Crippen LogP contribution in [0.4, 0.5) is 17.6 Å². The summed E-state index contributed by atoms with van der Waals surface area (Å²) >= 11 is 0. The van der Waals surface area contributed by atoms with Crippen LogP contribution in [0.25, 0.3) is 22.4 Å². The van der Waals surface area contributed by atoms with E-state index in [0.717, 1.165) is 43.8 Å². The van der Waals surface area contributed by atoms with Crippen LogP contribution in [0.1, 0.15) is 42.6 Å². The number of carbonyl (C=O) groups excluding carboxylic acids is 1. The van der Waals surface area contributed by atoms with Gasteiger partial charge in [0.05, 0.1) is 23.1 Å². The molecule has 3 heterocycles. The number of alkyl halides is 3. The molecule has 176 valence electrons. The number of hydrogen-bond donors (Lipinski definition) is 2. The van der Waals surface area contributed by atoms with Gasteiger partial charge in [0.2, 0.25) is 10.0 Å². The number of halogens is 4. The fourth-order valence-corrected chi connectivity index (χ4v) is 4.88. The largest absolute Gasteiger partial charge is 0.404 e. The first-order valence-electron chi connectivity index (χ1n) is 9.95. The molecule has 1 aliphatic carbocycles. The second-order valence-corrected chi connectivity index (χ2v) is 9.55. The third-order valence-electron chi connectivity index (χ3n) is 5.61. The number of fused-ring (bicyclic) bond motifs is 1.